The molecule has 1 nitrogen and oxygen atoms in total. The van der Waals surface area contributed by atoms with Crippen LogP contribution in [0.2, 0.25) is 0 Å². The fourth-order valence-corrected chi connectivity index (χ4v) is 1.22. The van der Waals surface area contributed by atoms with E-state index in [-0.39, 0.29) is 0 Å². The van der Waals surface area contributed by atoms with E-state index in [0.29, 0.717) is 5.92 Å². The van der Waals surface area contributed by atoms with Gasteiger partial charge in [0.05, 0.1) is 6.61 Å². The van der Waals surface area contributed by atoms with Crippen LogP contribution in [0, 0.1) is 5.92 Å². The van der Waals surface area contributed by atoms with Crippen molar-refractivity contribution >= 4 is 6.08 Å². The Labute approximate surface area is 92.8 Å². The molecular formula is C14H20O. The summed E-state index contributed by atoms with van der Waals surface area (Å²) < 4.78 is 5.67. The molecule has 1 rings (SSSR count). The van der Waals surface area contributed by atoms with Gasteiger partial charge < -0.3 is 4.74 Å². The second-order valence-corrected chi connectivity index (χ2v) is 3.89. The predicted molar refractivity (Wildman–Crippen MR) is 66.1 cm³/mol. The first-order chi connectivity index (χ1) is 7.26. The molecule has 15 heavy (non-hydrogen) atoms. The molecule has 1 aromatic carbocycles. The lowest BCUT2D eigenvalue weighted by Crippen LogP contribution is -2.06. The van der Waals surface area contributed by atoms with Gasteiger partial charge in [0.2, 0.25) is 0 Å². The Balaban J connectivity index is 2.49. The quantitative estimate of drug-likeness (QED) is 0.700. The zero-order valence-corrected chi connectivity index (χ0v) is 9.86. The van der Waals surface area contributed by atoms with E-state index in [2.05, 4.69) is 32.1 Å². The first-order valence-electron chi connectivity index (χ1n) is 5.61. The second-order valence-electron chi connectivity index (χ2n) is 3.89. The minimum atomic E-state index is 0.625. The Bertz CT molecular complexity index is 298. The first kappa shape index (κ1) is 11.8. The minimum Gasteiger partial charge on any atom is -0.493 e. The summed E-state index contributed by atoms with van der Waals surface area (Å²) in [5.41, 5.74) is 1.22. The van der Waals surface area contributed by atoms with Crippen LogP contribution in [0.5, 0.6) is 5.75 Å². The van der Waals surface area contributed by atoms with E-state index < -0.39 is 0 Å². The molecule has 1 aromatic rings. The highest BCUT2D eigenvalue weighted by molar-refractivity contribution is 5.50. The molecule has 1 heteroatoms. The molecule has 0 aliphatic heterocycles. The molecule has 0 radical (unpaired) electrons. The van der Waals surface area contributed by atoms with Gasteiger partial charge in [0.1, 0.15) is 5.75 Å². The molecule has 0 aromatic heterocycles. The molecule has 0 aliphatic rings. The first-order valence-corrected chi connectivity index (χ1v) is 5.61. The van der Waals surface area contributed by atoms with Gasteiger partial charge in [-0.1, -0.05) is 44.6 Å². The highest BCUT2D eigenvalue weighted by Crippen LogP contribution is 2.14. The number of rotatable bonds is 5. The van der Waals surface area contributed by atoms with Crippen molar-refractivity contribution in [1.29, 1.82) is 0 Å². The topological polar surface area (TPSA) is 9.23 Å². The largest absolute Gasteiger partial charge is 0.493 e. The average Bonchev–Trinajstić information content (AvgIpc) is 2.28. The van der Waals surface area contributed by atoms with Crippen molar-refractivity contribution in [2.45, 2.75) is 27.2 Å². The zero-order valence-electron chi connectivity index (χ0n) is 9.86. The smallest absolute Gasteiger partial charge is 0.119 e. The van der Waals surface area contributed by atoms with E-state index >= 15 is 0 Å². The zero-order chi connectivity index (χ0) is 11.1. The second kappa shape index (κ2) is 6.28. The normalized spacial score (nSPS) is 13.0. The van der Waals surface area contributed by atoms with Crippen LogP contribution in [0.25, 0.3) is 6.08 Å². The van der Waals surface area contributed by atoms with E-state index in [1.54, 1.807) is 0 Å². The van der Waals surface area contributed by atoms with Crippen LogP contribution in [0.1, 0.15) is 32.8 Å². The molecule has 0 amide bonds. The van der Waals surface area contributed by atoms with Gasteiger partial charge in [-0.2, -0.15) is 0 Å². The van der Waals surface area contributed by atoms with Gasteiger partial charge >= 0.3 is 0 Å². The van der Waals surface area contributed by atoms with Gasteiger partial charge in [-0.25, -0.2) is 0 Å². The summed E-state index contributed by atoms with van der Waals surface area (Å²) in [4.78, 5) is 0. The van der Waals surface area contributed by atoms with Crippen LogP contribution >= 0.6 is 0 Å². The fourth-order valence-electron chi connectivity index (χ4n) is 1.22. The van der Waals surface area contributed by atoms with Gasteiger partial charge in [0.25, 0.3) is 0 Å². The van der Waals surface area contributed by atoms with Crippen LogP contribution in [0.3, 0.4) is 0 Å². The van der Waals surface area contributed by atoms with E-state index in [9.17, 15) is 0 Å². The number of benzene rings is 1. The van der Waals surface area contributed by atoms with Crippen molar-refractivity contribution in [3.63, 3.8) is 0 Å². The summed E-state index contributed by atoms with van der Waals surface area (Å²) in [6, 6.07) is 8.20. The Hall–Kier alpha value is -1.24. The van der Waals surface area contributed by atoms with Gasteiger partial charge in [-0.15, -0.1) is 0 Å². The third-order valence-corrected chi connectivity index (χ3v) is 2.47. The van der Waals surface area contributed by atoms with Crippen molar-refractivity contribution in [3.8, 4) is 5.75 Å². The third kappa shape index (κ3) is 4.20. The SMILES string of the molecule is CC=Cc1ccc(OC[C@@H](C)CC)cc1. The van der Waals surface area contributed by atoms with E-state index in [1.807, 2.05) is 25.1 Å². The molecule has 0 unspecified atom stereocenters. The molecule has 0 bridgehead atoms. The number of ether oxygens (including phenoxy) is 1. The lowest BCUT2D eigenvalue weighted by molar-refractivity contribution is 0.256. The number of hydrogen-bond acceptors (Lipinski definition) is 1. The van der Waals surface area contributed by atoms with Crippen molar-refractivity contribution in [1.82, 2.24) is 0 Å². The molecule has 0 heterocycles. The standard InChI is InChI=1S/C14H20O/c1-4-6-13-7-9-14(10-8-13)15-11-12(3)5-2/h4,6-10,12H,5,11H2,1-3H3/t12-/m0/s1. The molecule has 1 atom stereocenters. The lowest BCUT2D eigenvalue weighted by atomic mass is 10.1. The molecule has 0 saturated heterocycles. The van der Waals surface area contributed by atoms with Crippen LogP contribution in [-0.2, 0) is 0 Å². The maximum absolute atomic E-state index is 5.67. The van der Waals surface area contributed by atoms with Gasteiger partial charge in [0.15, 0.2) is 0 Å². The summed E-state index contributed by atoms with van der Waals surface area (Å²) in [6.45, 7) is 7.21. The average molecular weight is 204 g/mol. The third-order valence-electron chi connectivity index (χ3n) is 2.47. The predicted octanol–water partition coefficient (Wildman–Crippen LogP) is 4.14. The summed E-state index contributed by atoms with van der Waals surface area (Å²) in [7, 11) is 0. The fraction of sp³-hybridized carbons (Fsp3) is 0.429. The van der Waals surface area contributed by atoms with Crippen molar-refractivity contribution in [3.05, 3.63) is 35.9 Å². The summed E-state index contributed by atoms with van der Waals surface area (Å²) >= 11 is 0. The Kier molecular flexibility index (Phi) is 4.96. The van der Waals surface area contributed by atoms with E-state index in [1.165, 1.54) is 5.56 Å². The highest BCUT2D eigenvalue weighted by Gasteiger charge is 1.99. The summed E-state index contributed by atoms with van der Waals surface area (Å²) in [6.07, 6.45) is 5.28. The highest BCUT2D eigenvalue weighted by atomic mass is 16.5. The Morgan fingerprint density at radius 3 is 2.47 bits per heavy atom. The maximum Gasteiger partial charge on any atom is 0.119 e. The van der Waals surface area contributed by atoms with Crippen LogP contribution in [-0.4, -0.2) is 6.61 Å². The molecule has 0 fully saturated rings. The van der Waals surface area contributed by atoms with Gasteiger partial charge in [-0.3, -0.25) is 0 Å². The van der Waals surface area contributed by atoms with Crippen molar-refractivity contribution in [2.24, 2.45) is 5.92 Å². The van der Waals surface area contributed by atoms with Gasteiger partial charge in [0, 0.05) is 0 Å². The van der Waals surface area contributed by atoms with Crippen LogP contribution < -0.4 is 4.74 Å². The van der Waals surface area contributed by atoms with E-state index in [0.717, 1.165) is 18.8 Å². The van der Waals surface area contributed by atoms with Gasteiger partial charge in [-0.05, 0) is 30.5 Å². The molecule has 0 aliphatic carbocycles. The van der Waals surface area contributed by atoms with Crippen LogP contribution in [0.15, 0.2) is 30.3 Å². The molecule has 0 N–H and O–H groups in total. The Morgan fingerprint density at radius 2 is 1.93 bits per heavy atom. The maximum atomic E-state index is 5.67. The number of allylic oxidation sites excluding steroid dienone is 1. The molecular weight excluding hydrogens is 184 g/mol. The monoisotopic (exact) mass is 204 g/mol. The number of hydrogen-bond donors (Lipinski definition) is 0. The summed E-state index contributed by atoms with van der Waals surface area (Å²) in [5.74, 6) is 1.59. The Morgan fingerprint density at radius 1 is 1.27 bits per heavy atom. The molecule has 0 spiro atoms. The lowest BCUT2D eigenvalue weighted by Gasteiger charge is -2.10. The minimum absolute atomic E-state index is 0.625. The van der Waals surface area contributed by atoms with Crippen molar-refractivity contribution < 1.29 is 4.74 Å². The van der Waals surface area contributed by atoms with E-state index in [4.69, 9.17) is 4.74 Å². The van der Waals surface area contributed by atoms with Crippen LogP contribution in [0.4, 0.5) is 0 Å². The van der Waals surface area contributed by atoms with Crippen molar-refractivity contribution in [2.75, 3.05) is 6.61 Å². The molecule has 82 valence electrons. The summed E-state index contributed by atoms with van der Waals surface area (Å²) in [5, 5.41) is 0. The molecule has 0 saturated carbocycles.